The SMILES string of the molecule is CC1CCCC(C)N1NC(=O)c1ccc(=O)[nH]c1. The Labute approximate surface area is 106 Å². The molecule has 0 aromatic carbocycles. The molecular formula is C13H19N3O2. The van der Waals surface area contributed by atoms with Gasteiger partial charge in [0, 0.05) is 24.3 Å². The molecule has 1 fully saturated rings. The van der Waals surface area contributed by atoms with E-state index in [1.807, 2.05) is 5.01 Å². The van der Waals surface area contributed by atoms with Gasteiger partial charge in [-0.05, 0) is 32.8 Å². The fourth-order valence-corrected chi connectivity index (χ4v) is 2.38. The van der Waals surface area contributed by atoms with Gasteiger partial charge in [-0.15, -0.1) is 0 Å². The lowest BCUT2D eigenvalue weighted by Crippen LogP contribution is -2.54. The second-order valence-electron chi connectivity index (χ2n) is 4.92. The topological polar surface area (TPSA) is 65.2 Å². The monoisotopic (exact) mass is 249 g/mol. The number of nitrogens with one attached hydrogen (secondary N) is 2. The summed E-state index contributed by atoms with van der Waals surface area (Å²) in [5, 5.41) is 2.01. The minimum absolute atomic E-state index is 0.174. The van der Waals surface area contributed by atoms with Gasteiger partial charge in [0.1, 0.15) is 0 Å². The van der Waals surface area contributed by atoms with Crippen molar-refractivity contribution in [3.05, 3.63) is 34.2 Å². The average Bonchev–Trinajstić information content (AvgIpc) is 2.34. The van der Waals surface area contributed by atoms with E-state index in [1.54, 1.807) is 0 Å². The highest BCUT2D eigenvalue weighted by Crippen LogP contribution is 2.20. The number of aromatic nitrogens is 1. The smallest absolute Gasteiger partial charge is 0.267 e. The molecule has 0 bridgehead atoms. The molecule has 2 atom stereocenters. The molecule has 1 saturated heterocycles. The van der Waals surface area contributed by atoms with E-state index in [1.165, 1.54) is 24.8 Å². The van der Waals surface area contributed by atoms with E-state index in [0.717, 1.165) is 12.8 Å². The number of hydrogen-bond donors (Lipinski definition) is 2. The summed E-state index contributed by atoms with van der Waals surface area (Å²) in [6.45, 7) is 4.23. The second-order valence-corrected chi connectivity index (χ2v) is 4.92. The number of piperidine rings is 1. The fraction of sp³-hybridized carbons (Fsp3) is 0.538. The van der Waals surface area contributed by atoms with Gasteiger partial charge in [-0.3, -0.25) is 15.0 Å². The lowest BCUT2D eigenvalue weighted by Gasteiger charge is -2.38. The van der Waals surface area contributed by atoms with E-state index in [-0.39, 0.29) is 11.5 Å². The number of pyridine rings is 1. The van der Waals surface area contributed by atoms with E-state index in [0.29, 0.717) is 17.6 Å². The van der Waals surface area contributed by atoms with Crippen molar-refractivity contribution in [3.8, 4) is 0 Å². The Morgan fingerprint density at radius 3 is 2.56 bits per heavy atom. The largest absolute Gasteiger partial charge is 0.328 e. The molecule has 98 valence electrons. The van der Waals surface area contributed by atoms with Crippen LogP contribution in [-0.2, 0) is 0 Å². The molecule has 0 aliphatic carbocycles. The first kappa shape index (κ1) is 12.8. The first-order chi connectivity index (χ1) is 8.58. The van der Waals surface area contributed by atoms with Gasteiger partial charge in [0.2, 0.25) is 5.56 Å². The molecule has 1 aliphatic heterocycles. The summed E-state index contributed by atoms with van der Waals surface area (Å²) in [5.41, 5.74) is 3.20. The van der Waals surface area contributed by atoms with Crippen molar-refractivity contribution in [2.45, 2.75) is 45.2 Å². The predicted molar refractivity (Wildman–Crippen MR) is 69.1 cm³/mol. The molecule has 18 heavy (non-hydrogen) atoms. The van der Waals surface area contributed by atoms with Crippen LogP contribution >= 0.6 is 0 Å². The molecule has 0 saturated carbocycles. The van der Waals surface area contributed by atoms with E-state index < -0.39 is 0 Å². The van der Waals surface area contributed by atoms with Crippen LogP contribution in [0.25, 0.3) is 0 Å². The zero-order valence-electron chi connectivity index (χ0n) is 10.8. The number of H-pyrrole nitrogens is 1. The van der Waals surface area contributed by atoms with E-state index in [2.05, 4.69) is 24.3 Å². The summed E-state index contributed by atoms with van der Waals surface area (Å²) >= 11 is 0. The number of rotatable bonds is 2. The molecule has 1 amide bonds. The Kier molecular flexibility index (Phi) is 3.81. The highest BCUT2D eigenvalue weighted by atomic mass is 16.2. The average molecular weight is 249 g/mol. The van der Waals surface area contributed by atoms with Crippen LogP contribution in [0.3, 0.4) is 0 Å². The lowest BCUT2D eigenvalue weighted by molar-refractivity contribution is 0.0369. The van der Waals surface area contributed by atoms with Crippen molar-refractivity contribution < 1.29 is 4.79 Å². The molecule has 1 aromatic heterocycles. The third-order valence-electron chi connectivity index (χ3n) is 3.47. The minimum atomic E-state index is -0.203. The maximum Gasteiger partial charge on any atom is 0.267 e. The number of hydrazine groups is 1. The van der Waals surface area contributed by atoms with Crippen molar-refractivity contribution in [3.63, 3.8) is 0 Å². The number of amides is 1. The first-order valence-corrected chi connectivity index (χ1v) is 6.36. The van der Waals surface area contributed by atoms with Crippen LogP contribution in [0.5, 0.6) is 0 Å². The van der Waals surface area contributed by atoms with Crippen LogP contribution in [0.2, 0.25) is 0 Å². The summed E-state index contributed by atoms with van der Waals surface area (Å²) in [6.07, 6.45) is 4.83. The molecule has 2 unspecified atom stereocenters. The molecule has 2 heterocycles. The minimum Gasteiger partial charge on any atom is -0.328 e. The zero-order chi connectivity index (χ0) is 13.1. The third kappa shape index (κ3) is 2.79. The van der Waals surface area contributed by atoms with Crippen LogP contribution in [-0.4, -0.2) is 28.0 Å². The van der Waals surface area contributed by atoms with Crippen molar-refractivity contribution in [1.29, 1.82) is 0 Å². The van der Waals surface area contributed by atoms with Crippen molar-refractivity contribution in [1.82, 2.24) is 15.4 Å². The maximum absolute atomic E-state index is 12.0. The molecule has 2 N–H and O–H groups in total. The van der Waals surface area contributed by atoms with Crippen LogP contribution in [0.15, 0.2) is 23.1 Å². The van der Waals surface area contributed by atoms with Gasteiger partial charge >= 0.3 is 0 Å². The number of carbonyl (C=O) groups is 1. The molecule has 5 heteroatoms. The highest BCUT2D eigenvalue weighted by molar-refractivity contribution is 5.93. The fourth-order valence-electron chi connectivity index (χ4n) is 2.38. The van der Waals surface area contributed by atoms with Crippen LogP contribution in [0.1, 0.15) is 43.5 Å². The Morgan fingerprint density at radius 2 is 2.00 bits per heavy atom. The lowest BCUT2D eigenvalue weighted by atomic mass is 10.00. The molecule has 5 nitrogen and oxygen atoms in total. The number of carbonyl (C=O) groups excluding carboxylic acids is 1. The van der Waals surface area contributed by atoms with Crippen molar-refractivity contribution in [2.24, 2.45) is 0 Å². The number of aromatic amines is 1. The van der Waals surface area contributed by atoms with Gasteiger partial charge in [0.25, 0.3) is 5.91 Å². The van der Waals surface area contributed by atoms with Gasteiger partial charge in [0.05, 0.1) is 5.56 Å². The second kappa shape index (κ2) is 5.35. The van der Waals surface area contributed by atoms with E-state index in [9.17, 15) is 9.59 Å². The van der Waals surface area contributed by atoms with E-state index in [4.69, 9.17) is 0 Å². The van der Waals surface area contributed by atoms with Crippen LogP contribution in [0, 0.1) is 0 Å². The first-order valence-electron chi connectivity index (χ1n) is 6.36. The van der Waals surface area contributed by atoms with Crippen molar-refractivity contribution >= 4 is 5.91 Å². The van der Waals surface area contributed by atoms with Gasteiger partial charge in [-0.1, -0.05) is 6.42 Å². The normalized spacial score (nSPS) is 24.8. The van der Waals surface area contributed by atoms with E-state index >= 15 is 0 Å². The summed E-state index contributed by atoms with van der Waals surface area (Å²) in [6, 6.07) is 3.59. The van der Waals surface area contributed by atoms with Crippen LogP contribution in [0.4, 0.5) is 0 Å². The van der Waals surface area contributed by atoms with Gasteiger partial charge < -0.3 is 4.98 Å². The Bertz CT molecular complexity index is 453. The van der Waals surface area contributed by atoms with Gasteiger partial charge in [-0.25, -0.2) is 5.01 Å². The summed E-state index contributed by atoms with van der Waals surface area (Å²) < 4.78 is 0. The van der Waals surface area contributed by atoms with Crippen molar-refractivity contribution in [2.75, 3.05) is 0 Å². The summed E-state index contributed by atoms with van der Waals surface area (Å²) in [5.74, 6) is -0.174. The quantitative estimate of drug-likeness (QED) is 0.830. The standard InChI is InChI=1S/C13H19N3O2/c1-9-4-3-5-10(2)16(9)15-13(18)11-6-7-12(17)14-8-11/h6-10H,3-5H2,1-2H3,(H,14,17)(H,15,18). The van der Waals surface area contributed by atoms with Crippen LogP contribution < -0.4 is 11.0 Å². The molecule has 0 radical (unpaired) electrons. The summed E-state index contributed by atoms with van der Waals surface area (Å²) in [4.78, 5) is 25.5. The molecule has 0 spiro atoms. The predicted octanol–water partition coefficient (Wildman–Crippen LogP) is 1.28. The van der Waals surface area contributed by atoms with Gasteiger partial charge in [0.15, 0.2) is 0 Å². The Balaban J connectivity index is 2.06. The number of nitrogens with zero attached hydrogens (tertiary/aromatic N) is 1. The highest BCUT2D eigenvalue weighted by Gasteiger charge is 2.26. The van der Waals surface area contributed by atoms with Gasteiger partial charge in [-0.2, -0.15) is 0 Å². The zero-order valence-corrected chi connectivity index (χ0v) is 10.8. The molecule has 2 rings (SSSR count). The molecular weight excluding hydrogens is 230 g/mol. The summed E-state index contributed by atoms with van der Waals surface area (Å²) in [7, 11) is 0. The third-order valence-corrected chi connectivity index (χ3v) is 3.47. The molecule has 1 aromatic rings. The molecule has 1 aliphatic rings. The number of hydrogen-bond acceptors (Lipinski definition) is 3. The Hall–Kier alpha value is -1.62. The maximum atomic E-state index is 12.0. The Morgan fingerprint density at radius 1 is 1.33 bits per heavy atom.